The third kappa shape index (κ3) is 11.4. The highest BCUT2D eigenvalue weighted by atomic mass is 32.2. The summed E-state index contributed by atoms with van der Waals surface area (Å²) >= 11 is -0.168. The van der Waals surface area contributed by atoms with Gasteiger partial charge in [0.1, 0.15) is 37.4 Å². The molecule has 1 unspecified atom stereocenters. The van der Waals surface area contributed by atoms with Gasteiger partial charge in [0.2, 0.25) is 0 Å². The van der Waals surface area contributed by atoms with E-state index in [0.29, 0.717) is 12.4 Å². The van der Waals surface area contributed by atoms with Gasteiger partial charge in [-0.2, -0.15) is 4.18 Å². The number of hydrogen-bond donors (Lipinski definition) is 1. The van der Waals surface area contributed by atoms with E-state index in [1.165, 1.54) is 12.2 Å². The van der Waals surface area contributed by atoms with Gasteiger partial charge in [0.25, 0.3) is 0 Å². The fourth-order valence-corrected chi connectivity index (χ4v) is 4.41. The minimum absolute atomic E-state index is 0.00945. The van der Waals surface area contributed by atoms with Gasteiger partial charge >= 0.3 is 18.0 Å². The van der Waals surface area contributed by atoms with Gasteiger partial charge in [-0.3, -0.25) is 4.79 Å². The molecule has 1 rings (SSSR count). The van der Waals surface area contributed by atoms with E-state index in [4.69, 9.17) is 18.4 Å². The normalized spacial score (nSPS) is 12.7. The Morgan fingerprint density at radius 3 is 2.24 bits per heavy atom. The van der Waals surface area contributed by atoms with Crippen LogP contribution < -0.4 is 10.1 Å². The lowest BCUT2D eigenvalue weighted by Crippen LogP contribution is -2.43. The van der Waals surface area contributed by atoms with E-state index in [-0.39, 0.29) is 42.0 Å². The molecule has 1 amide bonds. The highest BCUT2D eigenvalue weighted by Gasteiger charge is 2.35. The van der Waals surface area contributed by atoms with E-state index in [1.54, 1.807) is 12.1 Å². The topological polar surface area (TPSA) is 100 Å². The predicted octanol–water partition coefficient (Wildman–Crippen LogP) is 4.25. The van der Waals surface area contributed by atoms with Crippen molar-refractivity contribution in [3.05, 3.63) is 55.1 Å². The molecule has 8 nitrogen and oxygen atoms in total. The highest BCUT2D eigenvalue weighted by Crippen LogP contribution is 2.22. The van der Waals surface area contributed by atoms with E-state index >= 15 is 0 Å². The molecular weight excluding hydrogens is 458 g/mol. The van der Waals surface area contributed by atoms with Crippen molar-refractivity contribution in [3.8, 4) is 5.75 Å². The Morgan fingerprint density at radius 1 is 1.06 bits per heavy atom. The average molecular weight is 495 g/mol. The molecule has 0 bridgehead atoms. The Labute approximate surface area is 205 Å². The molecule has 1 N–H and O–H groups in total. The van der Waals surface area contributed by atoms with Gasteiger partial charge in [-0.15, -0.1) is 0 Å². The van der Waals surface area contributed by atoms with Crippen molar-refractivity contribution < 1.29 is 32.8 Å². The van der Waals surface area contributed by atoms with Crippen molar-refractivity contribution in [2.75, 3.05) is 19.0 Å². The summed E-state index contributed by atoms with van der Waals surface area (Å²) in [6.45, 7) is 16.0. The molecule has 1 aromatic carbocycles. The number of rotatable bonds is 14. The number of amides is 1. The summed E-state index contributed by atoms with van der Waals surface area (Å²) in [5.41, 5.74) is 0.951. The highest BCUT2D eigenvalue weighted by molar-refractivity contribution is 7.93. The van der Waals surface area contributed by atoms with Crippen molar-refractivity contribution in [1.29, 1.82) is 0 Å². The number of hydrogen-bond acceptors (Lipinski definition) is 7. The Kier molecular flexibility index (Phi) is 13.1. The Balaban J connectivity index is 2.67. The van der Waals surface area contributed by atoms with Crippen LogP contribution in [0.1, 0.15) is 46.1 Å². The van der Waals surface area contributed by atoms with Crippen LogP contribution in [0.4, 0.5) is 4.79 Å². The quantitative estimate of drug-likeness (QED) is 0.234. The van der Waals surface area contributed by atoms with Gasteiger partial charge in [0, 0.05) is 6.42 Å². The lowest BCUT2D eigenvalue weighted by atomic mass is 10.1. The third-order valence-corrected chi connectivity index (χ3v) is 6.66. The molecule has 0 aliphatic rings. The summed E-state index contributed by atoms with van der Waals surface area (Å²) in [4.78, 5) is 36.3. The third-order valence-electron chi connectivity index (χ3n) is 4.37. The van der Waals surface area contributed by atoms with Gasteiger partial charge in [-0.1, -0.05) is 37.4 Å². The number of nitrogens with one attached hydrogen (secondary N) is 1. The lowest BCUT2D eigenvalue weighted by Gasteiger charge is -2.18. The molecule has 2 atom stereocenters. The van der Waals surface area contributed by atoms with E-state index < -0.39 is 24.1 Å². The van der Waals surface area contributed by atoms with Crippen LogP contribution in [0.3, 0.4) is 0 Å². The van der Waals surface area contributed by atoms with Gasteiger partial charge < -0.3 is 19.5 Å². The van der Waals surface area contributed by atoms with Crippen LogP contribution in [0.15, 0.2) is 49.6 Å². The molecule has 188 valence electrons. The van der Waals surface area contributed by atoms with Crippen LogP contribution in [-0.4, -0.2) is 47.8 Å². The summed E-state index contributed by atoms with van der Waals surface area (Å²) in [7, 11) is 0. The predicted molar refractivity (Wildman–Crippen MR) is 133 cm³/mol. The van der Waals surface area contributed by atoms with Crippen molar-refractivity contribution >= 4 is 29.2 Å². The minimum atomic E-state index is -1.08. The zero-order valence-corrected chi connectivity index (χ0v) is 21.3. The molecule has 0 spiro atoms. The zero-order valence-electron chi connectivity index (χ0n) is 20.5. The van der Waals surface area contributed by atoms with Crippen molar-refractivity contribution in [1.82, 2.24) is 5.32 Å². The first kappa shape index (κ1) is 29.3. The maximum Gasteiger partial charge on any atom is 0.413 e. The molecule has 0 aromatic heterocycles. The maximum atomic E-state index is 12.4. The Morgan fingerprint density at radius 2 is 1.68 bits per heavy atom. The van der Waals surface area contributed by atoms with Gasteiger partial charge in [-0.25, -0.2) is 9.59 Å². The van der Waals surface area contributed by atoms with Crippen LogP contribution in [0.2, 0.25) is 0 Å². The molecule has 0 saturated carbocycles. The summed E-state index contributed by atoms with van der Waals surface area (Å²) in [6.07, 6.45) is 1.90. The average Bonchev–Trinajstić information content (AvgIpc) is 2.79. The van der Waals surface area contributed by atoms with Crippen LogP contribution in [0, 0.1) is 0 Å². The molecule has 34 heavy (non-hydrogen) atoms. The summed E-state index contributed by atoms with van der Waals surface area (Å²) in [6, 6.07) is 5.84. The van der Waals surface area contributed by atoms with E-state index in [1.807, 2.05) is 12.1 Å². The number of ether oxygens (including phenoxy) is 3. The molecule has 9 heteroatoms. The second-order valence-corrected chi connectivity index (χ2v) is 10.9. The standard InChI is InChI=1S/C25H35NO7S/c1-7-16-30-22(27)15-14-21(23(28)31-17-8-2)26-24(29)33-20-12-10-19(11-13-20)18-32-34(9-3)25(4,5)6/h7-8,10-13,21H,1-2,9,14-18H2,3-6H3/p+1/t21-,34?/m0/s1. The van der Waals surface area contributed by atoms with Crippen molar-refractivity contribution in [2.45, 2.75) is 57.9 Å². The molecule has 0 fully saturated rings. The minimum Gasteiger partial charge on any atom is -0.461 e. The summed E-state index contributed by atoms with van der Waals surface area (Å²) in [5.74, 6) is 0.0146. The van der Waals surface area contributed by atoms with Gasteiger partial charge in [0.15, 0.2) is 15.9 Å². The second-order valence-electron chi connectivity index (χ2n) is 8.17. The van der Waals surface area contributed by atoms with E-state index in [9.17, 15) is 14.4 Å². The van der Waals surface area contributed by atoms with Gasteiger partial charge in [-0.05, 0) is 51.8 Å². The Hall–Kier alpha value is -2.78. The summed E-state index contributed by atoms with van der Waals surface area (Å²) < 4.78 is 21.3. The molecule has 0 radical (unpaired) electrons. The Bertz CT molecular complexity index is 818. The monoisotopic (exact) mass is 494 g/mol. The first-order valence-corrected chi connectivity index (χ1v) is 12.4. The summed E-state index contributed by atoms with van der Waals surface area (Å²) in [5, 5.41) is 2.44. The fraction of sp³-hybridized carbons (Fsp3) is 0.480. The second kappa shape index (κ2) is 15.2. The number of carbonyl (C=O) groups is 3. The largest absolute Gasteiger partial charge is 0.461 e. The first-order valence-electron chi connectivity index (χ1n) is 11.1. The molecule has 1 aromatic rings. The number of benzene rings is 1. The number of esters is 2. The van der Waals surface area contributed by atoms with Crippen LogP contribution >= 0.6 is 0 Å². The molecule has 0 aliphatic carbocycles. The van der Waals surface area contributed by atoms with Crippen LogP contribution in [0.25, 0.3) is 0 Å². The molecule has 0 saturated heterocycles. The SMILES string of the molecule is C=CCOC(=O)CC[C@H](NC(=O)Oc1ccc(CO[S+](CC)C(C)(C)C)cc1)C(=O)OCC=C. The van der Waals surface area contributed by atoms with Crippen molar-refractivity contribution in [2.24, 2.45) is 0 Å². The number of carbonyl (C=O) groups excluding carboxylic acids is 3. The van der Waals surface area contributed by atoms with Gasteiger partial charge in [0.05, 0.1) is 0 Å². The van der Waals surface area contributed by atoms with E-state index in [0.717, 1.165) is 11.3 Å². The molecular formula is C25H36NO7S+. The molecule has 0 heterocycles. The smallest absolute Gasteiger partial charge is 0.413 e. The first-order chi connectivity index (χ1) is 16.1. The fourth-order valence-electron chi connectivity index (χ4n) is 2.74. The van der Waals surface area contributed by atoms with E-state index in [2.05, 4.69) is 46.2 Å². The van der Waals surface area contributed by atoms with Crippen LogP contribution in [-0.2, 0) is 41.0 Å². The van der Waals surface area contributed by atoms with Crippen LogP contribution in [0.5, 0.6) is 5.75 Å². The lowest BCUT2D eigenvalue weighted by molar-refractivity contribution is -0.146. The maximum absolute atomic E-state index is 12.4. The van der Waals surface area contributed by atoms with Crippen molar-refractivity contribution in [3.63, 3.8) is 0 Å². The molecule has 0 aliphatic heterocycles. The zero-order chi connectivity index (χ0) is 25.6.